The fraction of sp³-hybridized carbons (Fsp3) is 0.674. The van der Waals surface area contributed by atoms with Crippen molar-refractivity contribution in [2.75, 3.05) is 13.2 Å². The molecule has 1 unspecified atom stereocenters. The fourth-order valence-electron chi connectivity index (χ4n) is 5.34. The summed E-state index contributed by atoms with van der Waals surface area (Å²) in [5.74, 6) is -0.972. The molecule has 1 atom stereocenters. The van der Waals surface area contributed by atoms with E-state index in [0.717, 1.165) is 103 Å². The Bertz CT molecular complexity index is 1020. The van der Waals surface area contributed by atoms with Crippen molar-refractivity contribution in [3.05, 3.63) is 72.9 Å². The Hall–Kier alpha value is -3.15. The van der Waals surface area contributed by atoms with Gasteiger partial charge in [0.25, 0.3) is 0 Å². The summed E-state index contributed by atoms with van der Waals surface area (Å²) < 4.78 is 16.6. The molecule has 0 aliphatic carbocycles. The lowest BCUT2D eigenvalue weighted by atomic mass is 10.1. The smallest absolute Gasteiger partial charge is 0.306 e. The minimum Gasteiger partial charge on any atom is -0.462 e. The summed E-state index contributed by atoms with van der Waals surface area (Å²) >= 11 is 0. The van der Waals surface area contributed by atoms with Crippen LogP contribution in [0.2, 0.25) is 0 Å². The van der Waals surface area contributed by atoms with Crippen LogP contribution < -0.4 is 0 Å². The topological polar surface area (TPSA) is 78.9 Å². The third kappa shape index (κ3) is 38.1. The van der Waals surface area contributed by atoms with Crippen molar-refractivity contribution in [3.8, 4) is 0 Å². The summed E-state index contributed by atoms with van der Waals surface area (Å²) in [6, 6.07) is 0. The molecule has 52 heavy (non-hydrogen) atoms. The van der Waals surface area contributed by atoms with E-state index in [1.807, 2.05) is 0 Å². The minimum atomic E-state index is -0.795. The van der Waals surface area contributed by atoms with E-state index in [9.17, 15) is 14.4 Å². The van der Waals surface area contributed by atoms with E-state index in [2.05, 4.69) is 93.7 Å². The lowest BCUT2D eigenvalue weighted by Gasteiger charge is -2.18. The summed E-state index contributed by atoms with van der Waals surface area (Å²) in [6.45, 7) is 6.25. The largest absolute Gasteiger partial charge is 0.462 e. The van der Waals surface area contributed by atoms with Gasteiger partial charge >= 0.3 is 17.9 Å². The maximum Gasteiger partial charge on any atom is 0.306 e. The zero-order valence-electron chi connectivity index (χ0n) is 33.5. The normalized spacial score (nSPS) is 12.8. The molecule has 0 aromatic heterocycles. The quantitative estimate of drug-likeness (QED) is 0.0210. The highest BCUT2D eigenvalue weighted by atomic mass is 16.6. The first kappa shape index (κ1) is 48.9. The second-order valence-corrected chi connectivity index (χ2v) is 13.5. The lowest BCUT2D eigenvalue weighted by molar-refractivity contribution is -0.167. The SMILES string of the molecule is CC\C=C/C=C\C=C/CCCCCCCCCC(=O)OCC(COC(=O)CCCC/C=C\C/C=C\CC)OC(=O)CCCCCC/C=C\CCCC. The molecule has 0 fully saturated rings. The van der Waals surface area contributed by atoms with E-state index in [-0.39, 0.29) is 31.1 Å². The van der Waals surface area contributed by atoms with Crippen LogP contribution >= 0.6 is 0 Å². The molecule has 296 valence electrons. The van der Waals surface area contributed by atoms with Gasteiger partial charge in [-0.2, -0.15) is 0 Å². The standard InChI is InChI=1S/C46H76O6/c1-4-7-10-13-16-19-21-22-23-24-25-28-30-33-36-39-45(48)51-42-43(41-50-44(47)38-35-32-29-26-18-15-12-9-6-3)52-46(49)40-37-34-31-27-20-17-14-11-8-5-2/h7,9-10,12-14,16-19,21,26,43H,4-6,8,11,15,20,22-25,27-42H2,1-3H3/b10-7-,12-9-,16-13-,17-14-,21-19-,26-18-. The Kier molecular flexibility index (Phi) is 38.2. The highest BCUT2D eigenvalue weighted by molar-refractivity contribution is 5.71. The van der Waals surface area contributed by atoms with Crippen molar-refractivity contribution in [2.45, 2.75) is 187 Å². The molecule has 0 aliphatic heterocycles. The average molecular weight is 725 g/mol. The molecule has 0 saturated carbocycles. The van der Waals surface area contributed by atoms with Crippen LogP contribution in [0.4, 0.5) is 0 Å². The van der Waals surface area contributed by atoms with Crippen molar-refractivity contribution in [1.82, 2.24) is 0 Å². The molecule has 0 amide bonds. The average Bonchev–Trinajstić information content (AvgIpc) is 3.14. The van der Waals surface area contributed by atoms with E-state index in [4.69, 9.17) is 14.2 Å². The zero-order chi connectivity index (χ0) is 38.0. The summed E-state index contributed by atoms with van der Waals surface area (Å²) in [5, 5.41) is 0. The van der Waals surface area contributed by atoms with E-state index in [1.165, 1.54) is 38.5 Å². The van der Waals surface area contributed by atoms with Crippen LogP contribution in [-0.2, 0) is 28.6 Å². The maximum atomic E-state index is 12.6. The van der Waals surface area contributed by atoms with Crippen LogP contribution in [0.25, 0.3) is 0 Å². The number of carbonyl (C=O) groups is 3. The molecule has 0 N–H and O–H groups in total. The number of allylic oxidation sites excluding steroid dienone is 12. The zero-order valence-corrected chi connectivity index (χ0v) is 33.5. The minimum absolute atomic E-state index is 0.0980. The Morgan fingerprint density at radius 3 is 1.42 bits per heavy atom. The monoisotopic (exact) mass is 725 g/mol. The Morgan fingerprint density at radius 1 is 0.423 bits per heavy atom. The van der Waals surface area contributed by atoms with Gasteiger partial charge in [0.05, 0.1) is 0 Å². The van der Waals surface area contributed by atoms with E-state index in [1.54, 1.807) is 0 Å². The van der Waals surface area contributed by atoms with Crippen molar-refractivity contribution in [3.63, 3.8) is 0 Å². The van der Waals surface area contributed by atoms with E-state index in [0.29, 0.717) is 19.3 Å². The van der Waals surface area contributed by atoms with Crippen molar-refractivity contribution >= 4 is 17.9 Å². The van der Waals surface area contributed by atoms with Gasteiger partial charge in [-0.25, -0.2) is 0 Å². The lowest BCUT2D eigenvalue weighted by Crippen LogP contribution is -2.30. The molecular formula is C46H76O6. The number of unbranched alkanes of at least 4 members (excludes halogenated alkanes) is 15. The highest BCUT2D eigenvalue weighted by Crippen LogP contribution is 2.12. The summed E-state index contributed by atoms with van der Waals surface area (Å²) in [4.78, 5) is 37.5. The van der Waals surface area contributed by atoms with Gasteiger partial charge in [-0.3, -0.25) is 14.4 Å². The summed E-state index contributed by atoms with van der Waals surface area (Å²) in [7, 11) is 0. The predicted molar refractivity (Wildman–Crippen MR) is 219 cm³/mol. The van der Waals surface area contributed by atoms with Gasteiger partial charge in [0.1, 0.15) is 13.2 Å². The van der Waals surface area contributed by atoms with Crippen LogP contribution in [0.3, 0.4) is 0 Å². The van der Waals surface area contributed by atoms with Gasteiger partial charge in [-0.15, -0.1) is 0 Å². The molecule has 0 aromatic carbocycles. The first-order valence-electron chi connectivity index (χ1n) is 21.0. The third-order valence-corrected chi connectivity index (χ3v) is 8.49. The Labute approximate surface area is 319 Å². The molecule has 0 saturated heterocycles. The van der Waals surface area contributed by atoms with Gasteiger partial charge < -0.3 is 14.2 Å². The number of ether oxygens (including phenoxy) is 3. The molecule has 0 radical (unpaired) electrons. The number of esters is 3. The fourth-order valence-corrected chi connectivity index (χ4v) is 5.34. The predicted octanol–water partition coefficient (Wildman–Crippen LogP) is 13.1. The van der Waals surface area contributed by atoms with Gasteiger partial charge in [0.2, 0.25) is 0 Å². The number of hydrogen-bond donors (Lipinski definition) is 0. The summed E-state index contributed by atoms with van der Waals surface area (Å²) in [5.41, 5.74) is 0. The van der Waals surface area contributed by atoms with Crippen LogP contribution in [0, 0.1) is 0 Å². The summed E-state index contributed by atoms with van der Waals surface area (Å²) in [6.07, 6.45) is 49.0. The second-order valence-electron chi connectivity index (χ2n) is 13.5. The first-order valence-corrected chi connectivity index (χ1v) is 21.0. The Balaban J connectivity index is 4.41. The van der Waals surface area contributed by atoms with Gasteiger partial charge in [-0.1, -0.05) is 151 Å². The molecule has 0 heterocycles. The Morgan fingerprint density at radius 2 is 0.846 bits per heavy atom. The molecule has 0 bridgehead atoms. The van der Waals surface area contributed by atoms with Crippen LogP contribution in [0.5, 0.6) is 0 Å². The highest BCUT2D eigenvalue weighted by Gasteiger charge is 2.19. The first-order chi connectivity index (χ1) is 25.5. The maximum absolute atomic E-state index is 12.6. The number of hydrogen-bond acceptors (Lipinski definition) is 6. The molecule has 6 nitrogen and oxygen atoms in total. The molecular weight excluding hydrogens is 648 g/mol. The molecule has 0 aromatic rings. The van der Waals surface area contributed by atoms with Crippen LogP contribution in [-0.4, -0.2) is 37.2 Å². The molecule has 0 rings (SSSR count). The van der Waals surface area contributed by atoms with Gasteiger partial charge in [-0.05, 0) is 83.5 Å². The van der Waals surface area contributed by atoms with E-state index < -0.39 is 6.10 Å². The molecule has 0 spiro atoms. The number of rotatable bonds is 36. The van der Waals surface area contributed by atoms with Crippen molar-refractivity contribution in [1.29, 1.82) is 0 Å². The van der Waals surface area contributed by atoms with Crippen LogP contribution in [0.1, 0.15) is 181 Å². The molecule has 6 heteroatoms. The van der Waals surface area contributed by atoms with Crippen molar-refractivity contribution < 1.29 is 28.6 Å². The van der Waals surface area contributed by atoms with Crippen molar-refractivity contribution in [2.24, 2.45) is 0 Å². The van der Waals surface area contributed by atoms with Gasteiger partial charge in [0.15, 0.2) is 6.10 Å². The van der Waals surface area contributed by atoms with E-state index >= 15 is 0 Å². The molecule has 0 aliphatic rings. The third-order valence-electron chi connectivity index (χ3n) is 8.49. The second kappa shape index (κ2) is 40.6. The number of carbonyl (C=O) groups excluding carboxylic acids is 3. The van der Waals surface area contributed by atoms with Gasteiger partial charge in [0, 0.05) is 19.3 Å². The van der Waals surface area contributed by atoms with Crippen LogP contribution in [0.15, 0.2) is 72.9 Å².